The fourth-order valence-corrected chi connectivity index (χ4v) is 2.10. The Morgan fingerprint density at radius 2 is 2.20 bits per heavy atom. The van der Waals surface area contributed by atoms with E-state index in [1.54, 1.807) is 0 Å². The summed E-state index contributed by atoms with van der Waals surface area (Å²) in [6, 6.07) is 6.52. The van der Waals surface area contributed by atoms with Crippen molar-refractivity contribution in [2.24, 2.45) is 11.7 Å². The third-order valence-electron chi connectivity index (χ3n) is 3.04. The second-order valence-electron chi connectivity index (χ2n) is 4.44. The van der Waals surface area contributed by atoms with Gasteiger partial charge in [0.15, 0.2) is 0 Å². The van der Waals surface area contributed by atoms with Crippen molar-refractivity contribution in [3.05, 3.63) is 28.8 Å². The van der Waals surface area contributed by atoms with Gasteiger partial charge in [-0.25, -0.2) is 0 Å². The maximum absolute atomic E-state index is 6.04. The molecule has 1 fully saturated rings. The van der Waals surface area contributed by atoms with Gasteiger partial charge < -0.3 is 11.1 Å². The predicted molar refractivity (Wildman–Crippen MR) is 65.4 cm³/mol. The maximum Gasteiger partial charge on any atom is 0.0455 e. The van der Waals surface area contributed by atoms with Crippen molar-refractivity contribution < 1.29 is 0 Å². The summed E-state index contributed by atoms with van der Waals surface area (Å²) in [5.41, 5.74) is 7.95. The van der Waals surface area contributed by atoms with Crippen molar-refractivity contribution in [3.8, 4) is 0 Å². The van der Waals surface area contributed by atoms with Crippen LogP contribution in [0.15, 0.2) is 18.2 Å². The van der Waals surface area contributed by atoms with E-state index in [9.17, 15) is 0 Å². The molecule has 2 rings (SSSR count). The summed E-state index contributed by atoms with van der Waals surface area (Å²) in [6.07, 6.45) is 2.29. The Balaban J connectivity index is 1.86. The molecule has 0 amide bonds. The lowest BCUT2D eigenvalue weighted by atomic mass is 9.81. The normalized spacial score (nSPS) is 24.7. The molecule has 0 unspecified atom stereocenters. The highest BCUT2D eigenvalue weighted by Crippen LogP contribution is 2.26. The summed E-state index contributed by atoms with van der Waals surface area (Å²) in [6.45, 7) is 3.02. The van der Waals surface area contributed by atoms with Gasteiger partial charge in [0.25, 0.3) is 0 Å². The first kappa shape index (κ1) is 10.8. The summed E-state index contributed by atoms with van der Waals surface area (Å²) in [7, 11) is 0. The average Bonchev–Trinajstić information content (AvgIpc) is 2.16. The Labute approximate surface area is 95.8 Å². The van der Waals surface area contributed by atoms with E-state index in [0.717, 1.165) is 41.6 Å². The second-order valence-corrected chi connectivity index (χ2v) is 4.85. The van der Waals surface area contributed by atoms with Crippen LogP contribution < -0.4 is 11.1 Å². The smallest absolute Gasteiger partial charge is 0.0455 e. The van der Waals surface area contributed by atoms with Crippen molar-refractivity contribution >= 4 is 17.3 Å². The van der Waals surface area contributed by atoms with E-state index in [-0.39, 0.29) is 0 Å². The van der Waals surface area contributed by atoms with Crippen LogP contribution in [0.1, 0.15) is 18.4 Å². The molecule has 0 bridgehead atoms. The predicted octanol–water partition coefficient (Wildman–Crippen LogP) is 2.80. The van der Waals surface area contributed by atoms with Crippen molar-refractivity contribution in [1.82, 2.24) is 0 Å². The molecule has 3 N–H and O–H groups in total. The Bertz CT molecular complexity index is 345. The first-order valence-corrected chi connectivity index (χ1v) is 5.78. The molecule has 1 aliphatic rings. The summed E-state index contributed by atoms with van der Waals surface area (Å²) in [5.74, 6) is 0.736. The number of nitrogens with two attached hydrogens (primary N) is 1. The quantitative estimate of drug-likeness (QED) is 0.829. The van der Waals surface area contributed by atoms with Crippen LogP contribution in [-0.2, 0) is 0 Å². The van der Waals surface area contributed by atoms with Gasteiger partial charge in [0, 0.05) is 23.3 Å². The van der Waals surface area contributed by atoms with E-state index in [2.05, 4.69) is 11.4 Å². The van der Waals surface area contributed by atoms with E-state index in [4.69, 9.17) is 17.3 Å². The van der Waals surface area contributed by atoms with E-state index in [1.165, 1.54) is 0 Å². The lowest BCUT2D eigenvalue weighted by molar-refractivity contribution is 0.280. The van der Waals surface area contributed by atoms with Crippen LogP contribution in [0.2, 0.25) is 5.02 Å². The van der Waals surface area contributed by atoms with Gasteiger partial charge in [-0.3, -0.25) is 0 Å². The minimum absolute atomic E-state index is 0.429. The van der Waals surface area contributed by atoms with Crippen molar-refractivity contribution in [3.63, 3.8) is 0 Å². The SMILES string of the molecule is Cc1ccc(NCC2CC(N)C2)cc1Cl. The third kappa shape index (κ3) is 2.64. The molecule has 3 heteroatoms. The number of aryl methyl sites for hydroxylation is 1. The fraction of sp³-hybridized carbons (Fsp3) is 0.500. The molecule has 0 heterocycles. The molecular weight excluding hydrogens is 208 g/mol. The molecule has 2 nitrogen and oxygen atoms in total. The number of benzene rings is 1. The Hall–Kier alpha value is -0.730. The molecule has 15 heavy (non-hydrogen) atoms. The minimum Gasteiger partial charge on any atom is -0.385 e. The molecule has 1 aromatic carbocycles. The first-order chi connectivity index (χ1) is 7.15. The highest BCUT2D eigenvalue weighted by molar-refractivity contribution is 6.31. The molecule has 0 spiro atoms. The highest BCUT2D eigenvalue weighted by Gasteiger charge is 2.25. The summed E-state index contributed by atoms with van der Waals surface area (Å²) < 4.78 is 0. The molecule has 1 saturated carbocycles. The van der Waals surface area contributed by atoms with Crippen LogP contribution in [0.5, 0.6) is 0 Å². The number of anilines is 1. The van der Waals surface area contributed by atoms with Crippen LogP contribution in [0.4, 0.5) is 5.69 Å². The number of rotatable bonds is 3. The van der Waals surface area contributed by atoms with Crippen molar-refractivity contribution in [2.45, 2.75) is 25.8 Å². The topological polar surface area (TPSA) is 38.0 Å². The summed E-state index contributed by atoms with van der Waals surface area (Å²) in [4.78, 5) is 0. The fourth-order valence-electron chi connectivity index (χ4n) is 1.92. The van der Waals surface area contributed by atoms with Crippen LogP contribution in [0.3, 0.4) is 0 Å². The zero-order valence-electron chi connectivity index (χ0n) is 8.96. The number of nitrogens with one attached hydrogen (secondary N) is 1. The monoisotopic (exact) mass is 224 g/mol. The highest BCUT2D eigenvalue weighted by atomic mass is 35.5. The van der Waals surface area contributed by atoms with Crippen LogP contribution >= 0.6 is 11.6 Å². The van der Waals surface area contributed by atoms with E-state index < -0.39 is 0 Å². The minimum atomic E-state index is 0.429. The third-order valence-corrected chi connectivity index (χ3v) is 3.45. The molecule has 0 aliphatic heterocycles. The van der Waals surface area contributed by atoms with Gasteiger partial charge in [-0.2, -0.15) is 0 Å². The molecule has 0 radical (unpaired) electrons. The Kier molecular flexibility index (Phi) is 3.17. The zero-order chi connectivity index (χ0) is 10.8. The van der Waals surface area contributed by atoms with Gasteiger partial charge >= 0.3 is 0 Å². The van der Waals surface area contributed by atoms with E-state index in [1.807, 2.05) is 19.1 Å². The molecule has 1 aliphatic carbocycles. The van der Waals surface area contributed by atoms with E-state index >= 15 is 0 Å². The zero-order valence-corrected chi connectivity index (χ0v) is 9.72. The molecule has 0 saturated heterocycles. The van der Waals surface area contributed by atoms with Gasteiger partial charge in [0.05, 0.1) is 0 Å². The van der Waals surface area contributed by atoms with Gasteiger partial charge in [-0.15, -0.1) is 0 Å². The summed E-state index contributed by atoms with van der Waals surface area (Å²) >= 11 is 6.04. The van der Waals surface area contributed by atoms with E-state index in [0.29, 0.717) is 6.04 Å². The van der Waals surface area contributed by atoms with Gasteiger partial charge in [0.2, 0.25) is 0 Å². The second kappa shape index (κ2) is 4.42. The Morgan fingerprint density at radius 3 is 2.80 bits per heavy atom. The van der Waals surface area contributed by atoms with Gasteiger partial charge in [-0.05, 0) is 43.4 Å². The molecule has 1 aromatic rings. The molecule has 82 valence electrons. The Morgan fingerprint density at radius 1 is 1.47 bits per heavy atom. The van der Waals surface area contributed by atoms with Gasteiger partial charge in [0.1, 0.15) is 0 Å². The first-order valence-electron chi connectivity index (χ1n) is 5.41. The van der Waals surface area contributed by atoms with Crippen molar-refractivity contribution in [2.75, 3.05) is 11.9 Å². The largest absolute Gasteiger partial charge is 0.385 e. The van der Waals surface area contributed by atoms with Crippen LogP contribution in [0, 0.1) is 12.8 Å². The van der Waals surface area contributed by atoms with Crippen molar-refractivity contribution in [1.29, 1.82) is 0 Å². The van der Waals surface area contributed by atoms with Crippen LogP contribution in [0.25, 0.3) is 0 Å². The molecule has 0 atom stereocenters. The maximum atomic E-state index is 6.04. The van der Waals surface area contributed by atoms with Crippen LogP contribution in [-0.4, -0.2) is 12.6 Å². The lowest BCUT2D eigenvalue weighted by Gasteiger charge is -2.32. The average molecular weight is 225 g/mol. The van der Waals surface area contributed by atoms with Gasteiger partial charge in [-0.1, -0.05) is 17.7 Å². The number of halogens is 1. The molecular formula is C12H17ClN2. The number of hydrogen-bond acceptors (Lipinski definition) is 2. The lowest BCUT2D eigenvalue weighted by Crippen LogP contribution is -2.39. The number of hydrogen-bond donors (Lipinski definition) is 2. The summed E-state index contributed by atoms with van der Waals surface area (Å²) in [5, 5.41) is 4.22. The molecule has 0 aromatic heterocycles. The standard InChI is InChI=1S/C12H17ClN2/c1-8-2-3-11(6-12(8)13)15-7-9-4-10(14)5-9/h2-3,6,9-10,15H,4-5,7,14H2,1H3.